The third kappa shape index (κ3) is 3.39. The van der Waals surface area contributed by atoms with Crippen LogP contribution in [-0.4, -0.2) is 13.4 Å². The lowest BCUT2D eigenvalue weighted by atomic mass is 9.99. The lowest BCUT2D eigenvalue weighted by molar-refractivity contribution is 0.602. The van der Waals surface area contributed by atoms with Gasteiger partial charge < -0.3 is 0 Å². The third-order valence-corrected chi connectivity index (χ3v) is 6.36. The Hall–Kier alpha value is -1.11. The van der Waals surface area contributed by atoms with Gasteiger partial charge in [0.1, 0.15) is 0 Å². The molecule has 2 rings (SSSR count). The van der Waals surface area contributed by atoms with Crippen LogP contribution in [0.4, 0.5) is 5.69 Å². The van der Waals surface area contributed by atoms with Crippen molar-refractivity contribution in [3.8, 4) is 0 Å². The monoisotopic (exact) mass is 344 g/mol. The van der Waals surface area contributed by atoms with E-state index in [0.717, 1.165) is 22.5 Å². The van der Waals surface area contributed by atoms with Crippen molar-refractivity contribution >= 4 is 38.6 Å². The van der Waals surface area contributed by atoms with Gasteiger partial charge in [0.25, 0.3) is 10.0 Å². The maximum absolute atomic E-state index is 12.6. The summed E-state index contributed by atoms with van der Waals surface area (Å²) in [6.07, 6.45) is 0. The molecule has 0 aliphatic heterocycles. The van der Waals surface area contributed by atoms with Gasteiger partial charge in [-0.25, -0.2) is 13.4 Å². The van der Waals surface area contributed by atoms with Gasteiger partial charge in [-0.3, -0.25) is 4.72 Å². The van der Waals surface area contributed by atoms with Crippen LogP contribution < -0.4 is 4.72 Å². The summed E-state index contributed by atoms with van der Waals surface area (Å²) < 4.78 is 28.2. The van der Waals surface area contributed by atoms with Crippen LogP contribution in [-0.2, 0) is 10.0 Å². The second-order valence-corrected chi connectivity index (χ2v) is 8.60. The van der Waals surface area contributed by atoms with Gasteiger partial charge in [-0.2, -0.15) is 0 Å². The number of anilines is 1. The van der Waals surface area contributed by atoms with E-state index in [2.05, 4.69) is 9.71 Å². The minimum Gasteiger partial charge on any atom is -0.278 e. The molecule has 0 atom stereocenters. The van der Waals surface area contributed by atoms with Crippen molar-refractivity contribution in [3.63, 3.8) is 0 Å². The van der Waals surface area contributed by atoms with Gasteiger partial charge in [-0.1, -0.05) is 55.0 Å². The first-order valence-corrected chi connectivity index (χ1v) is 9.15. The minimum atomic E-state index is -3.68. The molecule has 114 valence electrons. The van der Waals surface area contributed by atoms with E-state index in [1.54, 1.807) is 6.92 Å². The Bertz CT molecular complexity index is 767. The highest BCUT2D eigenvalue weighted by atomic mass is 35.5. The normalized spacial score (nSPS) is 11.9. The lowest BCUT2D eigenvalue weighted by Crippen LogP contribution is -2.15. The first-order chi connectivity index (χ1) is 9.72. The molecule has 0 amide bonds. The summed E-state index contributed by atoms with van der Waals surface area (Å²) in [7, 11) is -3.68. The number of para-hydroxylation sites is 1. The molecule has 1 aromatic carbocycles. The summed E-state index contributed by atoms with van der Waals surface area (Å²) in [5.41, 5.74) is 2.90. The number of rotatable bonds is 4. The van der Waals surface area contributed by atoms with Gasteiger partial charge in [0.2, 0.25) is 0 Å². The Morgan fingerprint density at radius 3 is 2.48 bits per heavy atom. The van der Waals surface area contributed by atoms with E-state index in [1.165, 1.54) is 0 Å². The van der Waals surface area contributed by atoms with Gasteiger partial charge in [0, 0.05) is 0 Å². The maximum Gasteiger partial charge on any atom is 0.273 e. The molecule has 0 bridgehead atoms. The fourth-order valence-electron chi connectivity index (χ4n) is 2.09. The number of nitrogens with zero attached hydrogens (tertiary/aromatic N) is 1. The largest absolute Gasteiger partial charge is 0.278 e. The van der Waals surface area contributed by atoms with Crippen molar-refractivity contribution in [1.29, 1.82) is 0 Å². The first kappa shape index (κ1) is 16.3. The smallest absolute Gasteiger partial charge is 0.273 e. The SMILES string of the molecule is Cc1cccc(C(C)C)c1NS(=O)(=O)c1sc(Cl)nc1C. The van der Waals surface area contributed by atoms with Crippen molar-refractivity contribution in [2.75, 3.05) is 4.72 Å². The summed E-state index contributed by atoms with van der Waals surface area (Å²) in [5.74, 6) is 0.216. The zero-order valence-electron chi connectivity index (χ0n) is 12.3. The van der Waals surface area contributed by atoms with E-state index in [4.69, 9.17) is 11.6 Å². The molecular weight excluding hydrogens is 328 g/mol. The van der Waals surface area contributed by atoms with Crippen molar-refractivity contribution in [1.82, 2.24) is 4.98 Å². The molecule has 4 nitrogen and oxygen atoms in total. The molecule has 0 saturated carbocycles. The Balaban J connectivity index is 2.49. The second kappa shape index (κ2) is 5.94. The number of aromatic nitrogens is 1. The third-order valence-electron chi connectivity index (χ3n) is 3.14. The number of aryl methyl sites for hydroxylation is 2. The predicted molar refractivity (Wildman–Crippen MR) is 87.9 cm³/mol. The van der Waals surface area contributed by atoms with Crippen LogP contribution in [0.25, 0.3) is 0 Å². The molecule has 1 heterocycles. The molecule has 2 aromatic rings. The number of benzene rings is 1. The van der Waals surface area contributed by atoms with E-state index in [1.807, 2.05) is 39.0 Å². The van der Waals surface area contributed by atoms with E-state index in [9.17, 15) is 8.42 Å². The maximum atomic E-state index is 12.6. The van der Waals surface area contributed by atoms with Crippen LogP contribution in [0.2, 0.25) is 4.47 Å². The van der Waals surface area contributed by atoms with Crippen molar-refractivity contribution in [2.24, 2.45) is 0 Å². The highest BCUT2D eigenvalue weighted by Gasteiger charge is 2.23. The van der Waals surface area contributed by atoms with E-state index >= 15 is 0 Å². The number of nitrogens with one attached hydrogen (secondary N) is 1. The molecule has 7 heteroatoms. The van der Waals surface area contributed by atoms with Crippen molar-refractivity contribution in [2.45, 2.75) is 37.8 Å². The summed E-state index contributed by atoms with van der Waals surface area (Å²) >= 11 is 6.77. The lowest BCUT2D eigenvalue weighted by Gasteiger charge is -2.17. The number of halogens is 1. The van der Waals surface area contributed by atoms with Gasteiger partial charge in [0.05, 0.1) is 11.4 Å². The van der Waals surface area contributed by atoms with Crippen LogP contribution in [0.3, 0.4) is 0 Å². The average Bonchev–Trinajstić information content (AvgIpc) is 2.71. The number of hydrogen-bond donors (Lipinski definition) is 1. The molecule has 0 unspecified atom stereocenters. The first-order valence-electron chi connectivity index (χ1n) is 6.47. The van der Waals surface area contributed by atoms with Gasteiger partial charge >= 0.3 is 0 Å². The number of hydrogen-bond acceptors (Lipinski definition) is 4. The molecule has 0 aliphatic carbocycles. The number of sulfonamides is 1. The molecule has 0 saturated heterocycles. The van der Waals surface area contributed by atoms with Crippen molar-refractivity contribution in [3.05, 3.63) is 39.5 Å². The Morgan fingerprint density at radius 2 is 1.95 bits per heavy atom. The number of thiazole rings is 1. The highest BCUT2D eigenvalue weighted by Crippen LogP contribution is 2.32. The highest BCUT2D eigenvalue weighted by molar-refractivity contribution is 7.94. The van der Waals surface area contributed by atoms with Crippen LogP contribution in [0.15, 0.2) is 22.4 Å². The van der Waals surface area contributed by atoms with E-state index < -0.39 is 10.0 Å². The molecule has 1 aromatic heterocycles. The van der Waals surface area contributed by atoms with Crippen LogP contribution in [0.5, 0.6) is 0 Å². The van der Waals surface area contributed by atoms with Crippen molar-refractivity contribution < 1.29 is 8.42 Å². The topological polar surface area (TPSA) is 59.1 Å². The molecule has 0 aliphatic rings. The predicted octanol–water partition coefficient (Wildman–Crippen LogP) is 4.34. The zero-order chi connectivity index (χ0) is 15.8. The van der Waals surface area contributed by atoms with E-state index in [0.29, 0.717) is 11.4 Å². The van der Waals surface area contributed by atoms with Gasteiger partial charge in [0.15, 0.2) is 8.68 Å². The second-order valence-electron chi connectivity index (χ2n) is 5.14. The summed E-state index contributed by atoms with van der Waals surface area (Å²) in [6.45, 7) is 7.58. The fraction of sp³-hybridized carbons (Fsp3) is 0.357. The standard InChI is InChI=1S/C14H17ClN2O2S2/c1-8(2)11-7-5-6-9(3)12(11)17-21(18,19)13-10(4)16-14(15)20-13/h5-8,17H,1-4H3. The van der Waals surface area contributed by atoms with Crippen LogP contribution in [0.1, 0.15) is 36.6 Å². The Labute approximate surface area is 134 Å². The van der Waals surface area contributed by atoms with E-state index in [-0.39, 0.29) is 14.6 Å². The molecule has 0 spiro atoms. The zero-order valence-corrected chi connectivity index (χ0v) is 14.7. The summed E-state index contributed by atoms with van der Waals surface area (Å²) in [5, 5.41) is 0. The van der Waals surface area contributed by atoms with Crippen LogP contribution >= 0.6 is 22.9 Å². The fourth-order valence-corrected chi connectivity index (χ4v) is 4.99. The minimum absolute atomic E-state index is 0.158. The average molecular weight is 345 g/mol. The molecule has 1 N–H and O–H groups in total. The Kier molecular flexibility index (Phi) is 4.60. The molecular formula is C14H17ClN2O2S2. The quantitative estimate of drug-likeness (QED) is 0.897. The molecule has 21 heavy (non-hydrogen) atoms. The van der Waals surface area contributed by atoms with Gasteiger partial charge in [-0.05, 0) is 30.9 Å². The summed E-state index contributed by atoms with van der Waals surface area (Å²) in [6, 6.07) is 5.75. The molecule has 0 radical (unpaired) electrons. The van der Waals surface area contributed by atoms with Gasteiger partial charge in [-0.15, -0.1) is 0 Å². The summed E-state index contributed by atoms with van der Waals surface area (Å²) in [4.78, 5) is 3.96. The Morgan fingerprint density at radius 1 is 1.29 bits per heavy atom. The molecule has 0 fully saturated rings. The van der Waals surface area contributed by atoms with Crippen LogP contribution in [0, 0.1) is 13.8 Å².